The molecule has 0 unspecified atom stereocenters. The second-order valence-electron chi connectivity index (χ2n) is 3.69. The zero-order valence-electron chi connectivity index (χ0n) is 9.65. The normalized spacial score (nSPS) is 11.4. The Hall–Kier alpha value is -1.93. The van der Waals surface area contributed by atoms with E-state index < -0.39 is 10.0 Å². The Morgan fingerprint density at radius 3 is 2.50 bits per heavy atom. The van der Waals surface area contributed by atoms with E-state index in [1.807, 2.05) is 0 Å². The van der Waals surface area contributed by atoms with Gasteiger partial charge in [0.05, 0.1) is 11.1 Å². The predicted molar refractivity (Wildman–Crippen MR) is 63.2 cm³/mol. The summed E-state index contributed by atoms with van der Waals surface area (Å²) in [4.78, 5) is 0.0503. The first-order valence-corrected chi connectivity index (χ1v) is 6.60. The lowest BCUT2D eigenvalue weighted by Crippen LogP contribution is -2.11. The molecule has 1 aromatic heterocycles. The molecule has 18 heavy (non-hydrogen) atoms. The van der Waals surface area contributed by atoms with Crippen molar-refractivity contribution in [3.63, 3.8) is 0 Å². The molecule has 0 fully saturated rings. The minimum absolute atomic E-state index is 0.0503. The van der Waals surface area contributed by atoms with Gasteiger partial charge in [-0.3, -0.25) is 4.68 Å². The number of ether oxygens (including phenoxy) is 1. The van der Waals surface area contributed by atoms with Crippen molar-refractivity contribution in [3.8, 4) is 5.75 Å². The third-order valence-electron chi connectivity index (χ3n) is 2.19. The van der Waals surface area contributed by atoms with Gasteiger partial charge in [-0.2, -0.15) is 0 Å². The highest BCUT2D eigenvalue weighted by molar-refractivity contribution is 7.89. The molecule has 1 heterocycles. The van der Waals surface area contributed by atoms with E-state index in [1.165, 1.54) is 24.3 Å². The lowest BCUT2D eigenvalue weighted by molar-refractivity contribution is 0.301. The van der Waals surface area contributed by atoms with Gasteiger partial charge in [0.25, 0.3) is 0 Å². The van der Waals surface area contributed by atoms with Crippen molar-refractivity contribution in [2.75, 3.05) is 0 Å². The standard InChI is InChI=1S/C10H12N4O3S/c1-14-6-8(12-13-14)7-17-9-2-4-10(5-3-9)18(11,15)16/h2-6H,7H2,1H3,(H2,11,15,16). The molecule has 0 amide bonds. The molecule has 0 saturated heterocycles. The summed E-state index contributed by atoms with van der Waals surface area (Å²) < 4.78 is 29.1. The molecule has 7 nitrogen and oxygen atoms in total. The molecule has 2 aromatic rings. The van der Waals surface area contributed by atoms with Gasteiger partial charge < -0.3 is 4.74 Å². The number of benzene rings is 1. The van der Waals surface area contributed by atoms with Gasteiger partial charge in [-0.25, -0.2) is 13.6 Å². The number of aromatic nitrogens is 3. The molecule has 0 radical (unpaired) electrons. The topological polar surface area (TPSA) is 100 Å². The van der Waals surface area contributed by atoms with Crippen LogP contribution in [0.2, 0.25) is 0 Å². The maximum atomic E-state index is 11.0. The second-order valence-corrected chi connectivity index (χ2v) is 5.25. The quantitative estimate of drug-likeness (QED) is 0.844. The van der Waals surface area contributed by atoms with Gasteiger partial charge in [0.1, 0.15) is 18.1 Å². The van der Waals surface area contributed by atoms with E-state index in [9.17, 15) is 8.42 Å². The van der Waals surface area contributed by atoms with Crippen molar-refractivity contribution < 1.29 is 13.2 Å². The van der Waals surface area contributed by atoms with E-state index in [-0.39, 0.29) is 11.5 Å². The van der Waals surface area contributed by atoms with Crippen molar-refractivity contribution in [1.82, 2.24) is 15.0 Å². The smallest absolute Gasteiger partial charge is 0.238 e. The van der Waals surface area contributed by atoms with Crippen molar-refractivity contribution in [1.29, 1.82) is 0 Å². The molecule has 0 spiro atoms. The number of sulfonamides is 1. The highest BCUT2D eigenvalue weighted by atomic mass is 32.2. The predicted octanol–water partition coefficient (Wildman–Crippen LogP) is 0.0415. The summed E-state index contributed by atoms with van der Waals surface area (Å²) in [5.41, 5.74) is 0.688. The van der Waals surface area contributed by atoms with Gasteiger partial charge in [0, 0.05) is 7.05 Å². The molecule has 2 N–H and O–H groups in total. The summed E-state index contributed by atoms with van der Waals surface area (Å²) in [6.45, 7) is 0.266. The number of hydrogen-bond donors (Lipinski definition) is 1. The van der Waals surface area contributed by atoms with Crippen LogP contribution in [0.3, 0.4) is 0 Å². The van der Waals surface area contributed by atoms with E-state index in [0.29, 0.717) is 11.4 Å². The van der Waals surface area contributed by atoms with Crippen LogP contribution in [0.15, 0.2) is 35.4 Å². The fourth-order valence-electron chi connectivity index (χ4n) is 1.34. The first kappa shape index (κ1) is 12.5. The maximum absolute atomic E-state index is 11.0. The van der Waals surface area contributed by atoms with Crippen LogP contribution < -0.4 is 9.88 Å². The number of hydrogen-bond acceptors (Lipinski definition) is 5. The third kappa shape index (κ3) is 3.05. The first-order valence-electron chi connectivity index (χ1n) is 5.06. The van der Waals surface area contributed by atoms with E-state index in [4.69, 9.17) is 9.88 Å². The maximum Gasteiger partial charge on any atom is 0.238 e. The van der Waals surface area contributed by atoms with Gasteiger partial charge in [0.2, 0.25) is 10.0 Å². The summed E-state index contributed by atoms with van der Waals surface area (Å²) in [6, 6.07) is 5.86. The Labute approximate surface area is 104 Å². The van der Waals surface area contributed by atoms with Crippen LogP contribution in [-0.4, -0.2) is 23.4 Å². The number of nitrogens with two attached hydrogens (primary N) is 1. The van der Waals surface area contributed by atoms with Crippen LogP contribution in [0.1, 0.15) is 5.69 Å². The van der Waals surface area contributed by atoms with Gasteiger partial charge in [-0.1, -0.05) is 5.21 Å². The lowest BCUT2D eigenvalue weighted by Gasteiger charge is -2.04. The Morgan fingerprint density at radius 1 is 1.33 bits per heavy atom. The number of primary sulfonamides is 1. The van der Waals surface area contributed by atoms with Crippen LogP contribution in [0, 0.1) is 0 Å². The van der Waals surface area contributed by atoms with Crippen LogP contribution in [-0.2, 0) is 23.7 Å². The Bertz CT molecular complexity index is 633. The monoisotopic (exact) mass is 268 g/mol. The minimum Gasteiger partial charge on any atom is -0.487 e. The summed E-state index contributed by atoms with van der Waals surface area (Å²) in [7, 11) is -1.90. The number of nitrogens with zero attached hydrogens (tertiary/aromatic N) is 3. The molecular formula is C10H12N4O3S. The van der Waals surface area contributed by atoms with Crippen LogP contribution in [0.25, 0.3) is 0 Å². The fraction of sp³-hybridized carbons (Fsp3) is 0.200. The third-order valence-corrected chi connectivity index (χ3v) is 3.12. The van der Waals surface area contributed by atoms with Crippen LogP contribution in [0.5, 0.6) is 5.75 Å². The number of rotatable bonds is 4. The summed E-state index contributed by atoms with van der Waals surface area (Å²) in [6.07, 6.45) is 1.73. The van der Waals surface area contributed by atoms with E-state index in [2.05, 4.69) is 10.3 Å². The average molecular weight is 268 g/mol. The lowest BCUT2D eigenvalue weighted by atomic mass is 10.3. The Kier molecular flexibility index (Phi) is 3.30. The van der Waals surface area contributed by atoms with Crippen molar-refractivity contribution >= 4 is 10.0 Å². The van der Waals surface area contributed by atoms with Crippen molar-refractivity contribution in [2.24, 2.45) is 12.2 Å². The van der Waals surface area contributed by atoms with E-state index in [0.717, 1.165) is 0 Å². The van der Waals surface area contributed by atoms with E-state index in [1.54, 1.807) is 17.9 Å². The molecule has 0 atom stereocenters. The van der Waals surface area contributed by atoms with Gasteiger partial charge in [0.15, 0.2) is 0 Å². The molecule has 0 aliphatic carbocycles. The summed E-state index contributed by atoms with van der Waals surface area (Å²) in [5, 5.41) is 12.6. The second kappa shape index (κ2) is 4.75. The Morgan fingerprint density at radius 2 is 2.00 bits per heavy atom. The minimum atomic E-state index is -3.66. The SMILES string of the molecule is Cn1cc(COc2ccc(S(N)(=O)=O)cc2)nn1. The van der Waals surface area contributed by atoms with Crippen LogP contribution >= 0.6 is 0 Å². The van der Waals surface area contributed by atoms with Crippen LogP contribution in [0.4, 0.5) is 0 Å². The summed E-state index contributed by atoms with van der Waals surface area (Å²) >= 11 is 0. The fourth-order valence-corrected chi connectivity index (χ4v) is 1.86. The molecule has 0 saturated carbocycles. The van der Waals surface area contributed by atoms with Gasteiger partial charge >= 0.3 is 0 Å². The van der Waals surface area contributed by atoms with Crippen molar-refractivity contribution in [3.05, 3.63) is 36.2 Å². The average Bonchev–Trinajstić information content (AvgIpc) is 2.72. The molecule has 1 aromatic carbocycles. The molecule has 96 valence electrons. The molecule has 8 heteroatoms. The molecular weight excluding hydrogens is 256 g/mol. The highest BCUT2D eigenvalue weighted by Crippen LogP contribution is 2.15. The van der Waals surface area contributed by atoms with E-state index >= 15 is 0 Å². The molecule has 0 aliphatic heterocycles. The molecule has 2 rings (SSSR count). The van der Waals surface area contributed by atoms with Gasteiger partial charge in [-0.15, -0.1) is 5.10 Å². The zero-order chi connectivity index (χ0) is 13.2. The molecule has 0 aliphatic rings. The largest absolute Gasteiger partial charge is 0.487 e. The zero-order valence-corrected chi connectivity index (χ0v) is 10.5. The first-order chi connectivity index (χ1) is 8.45. The van der Waals surface area contributed by atoms with Crippen molar-refractivity contribution in [2.45, 2.75) is 11.5 Å². The summed E-state index contributed by atoms with van der Waals surface area (Å²) in [5.74, 6) is 0.535. The highest BCUT2D eigenvalue weighted by Gasteiger charge is 2.07. The molecule has 0 bridgehead atoms. The Balaban J connectivity index is 2.03. The number of aryl methyl sites for hydroxylation is 1. The van der Waals surface area contributed by atoms with Gasteiger partial charge in [-0.05, 0) is 24.3 Å².